The Bertz CT molecular complexity index is 214. The molecule has 1 atom stereocenters. The molecule has 0 saturated carbocycles. The van der Waals surface area contributed by atoms with Gasteiger partial charge in [0.15, 0.2) is 0 Å². The van der Waals surface area contributed by atoms with E-state index in [2.05, 4.69) is 0 Å². The van der Waals surface area contributed by atoms with Crippen LogP contribution in [0, 0.1) is 0 Å². The van der Waals surface area contributed by atoms with E-state index in [-0.39, 0.29) is 5.25 Å². The second-order valence-electron chi connectivity index (χ2n) is 2.65. The highest BCUT2D eigenvalue weighted by Crippen LogP contribution is 2.18. The normalized spacial score (nSPS) is 29.2. The first-order valence-corrected chi connectivity index (χ1v) is 5.49. The summed E-state index contributed by atoms with van der Waals surface area (Å²) in [5.41, 5.74) is 0. The van der Waals surface area contributed by atoms with Crippen molar-refractivity contribution in [2.24, 2.45) is 0 Å². The molecule has 1 aliphatic heterocycles. The largest absolute Gasteiger partial charge is 0.305 e. The van der Waals surface area contributed by atoms with E-state index >= 15 is 0 Å². The summed E-state index contributed by atoms with van der Waals surface area (Å²) in [6.07, 6.45) is 0.669. The summed E-state index contributed by atoms with van der Waals surface area (Å²) in [7, 11) is 3.74. The van der Waals surface area contributed by atoms with Gasteiger partial charge in [-0.15, -0.1) is 0 Å². The third-order valence-electron chi connectivity index (χ3n) is 1.75. The van der Waals surface area contributed by atoms with Crippen molar-refractivity contribution in [1.29, 1.82) is 0 Å². The molecule has 1 heterocycles. The number of hydrogen-bond acceptors (Lipinski definition) is 3. The molecule has 0 spiro atoms. The van der Waals surface area contributed by atoms with Gasteiger partial charge in [0, 0.05) is 17.2 Å². The van der Waals surface area contributed by atoms with E-state index < -0.39 is 9.05 Å². The molecule has 0 radical (unpaired) electrons. The SMILES string of the molecule is CN1CCC(S(=O)(=O)Cl)C1. The Hall–Kier alpha value is 0.200. The van der Waals surface area contributed by atoms with Gasteiger partial charge in [-0.05, 0) is 20.0 Å². The summed E-state index contributed by atoms with van der Waals surface area (Å²) in [6, 6.07) is 0. The summed E-state index contributed by atoms with van der Waals surface area (Å²) >= 11 is 0. The fourth-order valence-electron chi connectivity index (χ4n) is 1.12. The Kier molecular flexibility index (Phi) is 2.22. The van der Waals surface area contributed by atoms with E-state index in [4.69, 9.17) is 10.7 Å². The minimum atomic E-state index is -3.30. The first-order valence-electron chi connectivity index (χ1n) is 3.12. The molecular weight excluding hydrogens is 174 g/mol. The minimum Gasteiger partial charge on any atom is -0.305 e. The van der Waals surface area contributed by atoms with Crippen LogP contribution in [0.15, 0.2) is 0 Å². The number of likely N-dealkylation sites (tertiary alicyclic amines) is 1. The van der Waals surface area contributed by atoms with Gasteiger partial charge in [-0.2, -0.15) is 0 Å². The third kappa shape index (κ3) is 1.84. The lowest BCUT2D eigenvalue weighted by atomic mass is 10.4. The van der Waals surface area contributed by atoms with E-state index in [0.29, 0.717) is 13.0 Å². The molecule has 1 saturated heterocycles. The molecule has 10 heavy (non-hydrogen) atoms. The van der Waals surface area contributed by atoms with E-state index in [9.17, 15) is 8.42 Å². The van der Waals surface area contributed by atoms with Gasteiger partial charge in [0.2, 0.25) is 9.05 Å². The molecule has 1 unspecified atom stereocenters. The van der Waals surface area contributed by atoms with Gasteiger partial charge in [0.1, 0.15) is 0 Å². The smallest absolute Gasteiger partial charge is 0.236 e. The van der Waals surface area contributed by atoms with E-state index in [1.54, 1.807) is 0 Å². The molecule has 3 nitrogen and oxygen atoms in total. The van der Waals surface area contributed by atoms with Gasteiger partial charge in [0.25, 0.3) is 0 Å². The summed E-state index contributed by atoms with van der Waals surface area (Å²) in [4.78, 5) is 1.96. The molecule has 0 aromatic rings. The molecule has 0 N–H and O–H groups in total. The average molecular weight is 184 g/mol. The van der Waals surface area contributed by atoms with Gasteiger partial charge in [0.05, 0.1) is 5.25 Å². The molecule has 0 aromatic carbocycles. The predicted octanol–water partition coefficient (Wildman–Crippen LogP) is 0.259. The number of nitrogens with zero attached hydrogens (tertiary/aromatic N) is 1. The predicted molar refractivity (Wildman–Crippen MR) is 40.7 cm³/mol. The zero-order valence-corrected chi connectivity index (χ0v) is 7.32. The summed E-state index contributed by atoms with van der Waals surface area (Å²) < 4.78 is 21.4. The maximum absolute atomic E-state index is 10.7. The van der Waals surface area contributed by atoms with Crippen molar-refractivity contribution in [2.75, 3.05) is 20.1 Å². The van der Waals surface area contributed by atoms with Gasteiger partial charge in [-0.3, -0.25) is 0 Å². The zero-order chi connectivity index (χ0) is 7.78. The number of rotatable bonds is 1. The van der Waals surface area contributed by atoms with Crippen molar-refractivity contribution in [3.05, 3.63) is 0 Å². The molecule has 0 aliphatic carbocycles. The third-order valence-corrected chi connectivity index (χ3v) is 3.68. The van der Waals surface area contributed by atoms with E-state index in [1.165, 1.54) is 0 Å². The first-order chi connectivity index (χ1) is 4.50. The molecular formula is C5H10ClNO2S. The lowest BCUT2D eigenvalue weighted by Gasteiger charge is -2.05. The Morgan fingerprint density at radius 2 is 2.20 bits per heavy atom. The quantitative estimate of drug-likeness (QED) is 0.548. The van der Waals surface area contributed by atoms with Crippen LogP contribution in [0.5, 0.6) is 0 Å². The summed E-state index contributed by atoms with van der Waals surface area (Å²) in [5, 5.41) is -0.348. The number of hydrogen-bond donors (Lipinski definition) is 0. The lowest BCUT2D eigenvalue weighted by molar-refractivity contribution is 0.417. The van der Waals surface area contributed by atoms with Crippen molar-refractivity contribution in [3.63, 3.8) is 0 Å². The Morgan fingerprint density at radius 1 is 1.60 bits per heavy atom. The van der Waals surface area contributed by atoms with Crippen LogP contribution in [-0.2, 0) is 9.05 Å². The highest BCUT2D eigenvalue weighted by atomic mass is 35.7. The van der Waals surface area contributed by atoms with Crippen LogP contribution >= 0.6 is 10.7 Å². The molecule has 0 aromatic heterocycles. The van der Waals surface area contributed by atoms with Gasteiger partial charge >= 0.3 is 0 Å². The molecule has 1 rings (SSSR count). The van der Waals surface area contributed by atoms with Gasteiger partial charge in [-0.25, -0.2) is 8.42 Å². The maximum Gasteiger partial charge on any atom is 0.236 e. The van der Waals surface area contributed by atoms with Crippen LogP contribution in [-0.4, -0.2) is 38.7 Å². The zero-order valence-electron chi connectivity index (χ0n) is 5.75. The topological polar surface area (TPSA) is 37.4 Å². The van der Waals surface area contributed by atoms with Crippen molar-refractivity contribution >= 4 is 19.7 Å². The molecule has 60 valence electrons. The molecule has 5 heteroatoms. The number of halogens is 1. The van der Waals surface area contributed by atoms with E-state index in [0.717, 1.165) is 6.54 Å². The molecule has 1 fully saturated rings. The van der Waals surface area contributed by atoms with Gasteiger partial charge < -0.3 is 4.90 Å². The highest BCUT2D eigenvalue weighted by molar-refractivity contribution is 8.14. The van der Waals surface area contributed by atoms with Crippen LogP contribution in [0.4, 0.5) is 0 Å². The van der Waals surface area contributed by atoms with Crippen LogP contribution < -0.4 is 0 Å². The van der Waals surface area contributed by atoms with Crippen LogP contribution in [0.1, 0.15) is 6.42 Å². The lowest BCUT2D eigenvalue weighted by Crippen LogP contribution is -2.21. The average Bonchev–Trinajstić information content (AvgIpc) is 2.11. The monoisotopic (exact) mass is 183 g/mol. The van der Waals surface area contributed by atoms with Crippen molar-refractivity contribution < 1.29 is 8.42 Å². The first kappa shape index (κ1) is 8.30. The Morgan fingerprint density at radius 3 is 2.40 bits per heavy atom. The minimum absolute atomic E-state index is 0.348. The van der Waals surface area contributed by atoms with Crippen molar-refractivity contribution in [3.8, 4) is 0 Å². The van der Waals surface area contributed by atoms with Crippen molar-refractivity contribution in [1.82, 2.24) is 4.90 Å². The Labute approximate surface area is 65.4 Å². The summed E-state index contributed by atoms with van der Waals surface area (Å²) in [5.74, 6) is 0. The van der Waals surface area contributed by atoms with Crippen LogP contribution in [0.2, 0.25) is 0 Å². The second kappa shape index (κ2) is 2.68. The molecule has 0 amide bonds. The fraction of sp³-hybridized carbons (Fsp3) is 1.00. The molecule has 1 aliphatic rings. The maximum atomic E-state index is 10.7. The molecule has 0 bridgehead atoms. The standard InChI is InChI=1S/C5H10ClNO2S/c1-7-3-2-5(4-7)10(6,8)9/h5H,2-4H2,1H3. The second-order valence-corrected chi connectivity index (χ2v) is 5.56. The summed E-state index contributed by atoms with van der Waals surface area (Å²) in [6.45, 7) is 1.41. The van der Waals surface area contributed by atoms with Crippen LogP contribution in [0.3, 0.4) is 0 Å². The highest BCUT2D eigenvalue weighted by Gasteiger charge is 2.29. The van der Waals surface area contributed by atoms with E-state index in [1.807, 2.05) is 11.9 Å². The Balaban J connectivity index is 2.62. The van der Waals surface area contributed by atoms with Gasteiger partial charge in [-0.1, -0.05) is 0 Å². The fourth-order valence-corrected chi connectivity index (χ4v) is 2.38. The van der Waals surface area contributed by atoms with Crippen molar-refractivity contribution in [2.45, 2.75) is 11.7 Å². The van der Waals surface area contributed by atoms with Crippen LogP contribution in [0.25, 0.3) is 0 Å².